The number of likely N-dealkylation sites (N-methyl/N-ethyl adjacent to an activating group) is 1. The van der Waals surface area contributed by atoms with E-state index < -0.39 is 0 Å². The minimum atomic E-state index is 0.0650. The van der Waals surface area contributed by atoms with Gasteiger partial charge in [0.05, 0.1) is 0 Å². The lowest BCUT2D eigenvalue weighted by Crippen LogP contribution is -2.17. The van der Waals surface area contributed by atoms with Crippen molar-refractivity contribution < 1.29 is 0 Å². The highest BCUT2D eigenvalue weighted by Crippen LogP contribution is 2.22. The summed E-state index contributed by atoms with van der Waals surface area (Å²) in [5.41, 5.74) is 3.83. The zero-order valence-corrected chi connectivity index (χ0v) is 15.6. The van der Waals surface area contributed by atoms with Crippen LogP contribution in [0, 0.1) is 23.2 Å². The molecule has 1 heteroatoms. The number of allylic oxidation sites excluding steroid dienone is 2. The normalized spacial score (nSPS) is 11.8. The lowest BCUT2D eigenvalue weighted by molar-refractivity contribution is 0.363. The zero-order chi connectivity index (χ0) is 17.5. The van der Waals surface area contributed by atoms with Crippen molar-refractivity contribution in [3.63, 3.8) is 0 Å². The van der Waals surface area contributed by atoms with Crippen molar-refractivity contribution in [1.29, 1.82) is 0 Å². The molecule has 0 spiro atoms. The molecule has 1 aromatic rings. The molecule has 0 saturated heterocycles. The lowest BCUT2D eigenvalue weighted by atomic mass is 9.96. The van der Waals surface area contributed by atoms with E-state index in [1.54, 1.807) is 0 Å². The van der Waals surface area contributed by atoms with Gasteiger partial charge in [-0.15, -0.1) is 0 Å². The SMILES string of the molecule is C=C(c1cccc(CN(C)C/C=C/C#CC(C)(C)C)c1)C(C)C. The Morgan fingerprint density at radius 2 is 2.00 bits per heavy atom. The van der Waals surface area contributed by atoms with Gasteiger partial charge >= 0.3 is 0 Å². The molecule has 0 aliphatic heterocycles. The lowest BCUT2D eigenvalue weighted by Gasteiger charge is -2.16. The van der Waals surface area contributed by atoms with E-state index in [-0.39, 0.29) is 5.41 Å². The quantitative estimate of drug-likeness (QED) is 0.636. The topological polar surface area (TPSA) is 3.24 Å². The number of hydrogen-bond donors (Lipinski definition) is 0. The fourth-order valence-corrected chi connectivity index (χ4v) is 2.13. The van der Waals surface area contributed by atoms with Crippen molar-refractivity contribution in [2.75, 3.05) is 13.6 Å². The first-order valence-corrected chi connectivity index (χ1v) is 8.33. The molecule has 0 atom stereocenters. The third kappa shape index (κ3) is 7.86. The minimum absolute atomic E-state index is 0.0650. The number of hydrogen-bond acceptors (Lipinski definition) is 1. The molecule has 1 aromatic carbocycles. The molecular formula is C22H31N. The van der Waals surface area contributed by atoms with Gasteiger partial charge < -0.3 is 0 Å². The van der Waals surface area contributed by atoms with Crippen LogP contribution in [0.1, 0.15) is 45.7 Å². The average molecular weight is 309 g/mol. The fourth-order valence-electron chi connectivity index (χ4n) is 2.13. The maximum absolute atomic E-state index is 4.19. The van der Waals surface area contributed by atoms with Gasteiger partial charge in [-0.05, 0) is 56.5 Å². The third-order valence-electron chi connectivity index (χ3n) is 3.51. The van der Waals surface area contributed by atoms with Gasteiger partial charge in [0.2, 0.25) is 0 Å². The van der Waals surface area contributed by atoms with E-state index in [2.05, 4.69) is 95.3 Å². The van der Waals surface area contributed by atoms with Gasteiger partial charge in [0.1, 0.15) is 0 Å². The Labute approximate surface area is 143 Å². The molecule has 1 rings (SSSR count). The Hall–Kier alpha value is -1.78. The van der Waals surface area contributed by atoms with Gasteiger partial charge in [0, 0.05) is 18.5 Å². The summed E-state index contributed by atoms with van der Waals surface area (Å²) in [6.45, 7) is 16.8. The monoisotopic (exact) mass is 309 g/mol. The largest absolute Gasteiger partial charge is 0.298 e. The summed E-state index contributed by atoms with van der Waals surface area (Å²) in [5, 5.41) is 0. The van der Waals surface area contributed by atoms with Crippen LogP contribution in [0.4, 0.5) is 0 Å². The van der Waals surface area contributed by atoms with Crippen molar-refractivity contribution in [3.05, 3.63) is 54.1 Å². The van der Waals surface area contributed by atoms with Crippen LogP contribution in [0.25, 0.3) is 5.57 Å². The van der Waals surface area contributed by atoms with E-state index in [0.29, 0.717) is 5.92 Å². The van der Waals surface area contributed by atoms with Gasteiger partial charge in [-0.1, -0.05) is 62.6 Å². The molecule has 23 heavy (non-hydrogen) atoms. The average Bonchev–Trinajstić information content (AvgIpc) is 2.45. The zero-order valence-electron chi connectivity index (χ0n) is 15.6. The first kappa shape index (κ1) is 19.3. The number of nitrogens with zero attached hydrogens (tertiary/aromatic N) is 1. The molecule has 0 fully saturated rings. The number of rotatable bonds is 6. The minimum Gasteiger partial charge on any atom is -0.298 e. The molecule has 0 aromatic heterocycles. The highest BCUT2D eigenvalue weighted by molar-refractivity contribution is 5.65. The summed E-state index contributed by atoms with van der Waals surface area (Å²) >= 11 is 0. The van der Waals surface area contributed by atoms with Crippen LogP contribution in [0.3, 0.4) is 0 Å². The van der Waals surface area contributed by atoms with E-state index in [9.17, 15) is 0 Å². The van der Waals surface area contributed by atoms with Gasteiger partial charge in [0.25, 0.3) is 0 Å². The summed E-state index contributed by atoms with van der Waals surface area (Å²) in [7, 11) is 2.13. The van der Waals surface area contributed by atoms with E-state index in [4.69, 9.17) is 0 Å². The van der Waals surface area contributed by atoms with Gasteiger partial charge in [-0.2, -0.15) is 0 Å². The van der Waals surface area contributed by atoms with E-state index in [1.165, 1.54) is 16.7 Å². The molecule has 0 radical (unpaired) electrons. The second kappa shape index (κ2) is 8.75. The van der Waals surface area contributed by atoms with Crippen LogP contribution < -0.4 is 0 Å². The maximum Gasteiger partial charge on any atom is 0.0234 e. The van der Waals surface area contributed by atoms with Crippen molar-refractivity contribution in [1.82, 2.24) is 4.90 Å². The fraction of sp³-hybridized carbons (Fsp3) is 0.455. The third-order valence-corrected chi connectivity index (χ3v) is 3.51. The molecule has 0 saturated carbocycles. The second-order valence-corrected chi connectivity index (χ2v) is 7.50. The first-order chi connectivity index (χ1) is 10.7. The Morgan fingerprint density at radius 1 is 1.30 bits per heavy atom. The molecule has 0 bridgehead atoms. The molecule has 0 amide bonds. The van der Waals surface area contributed by atoms with Gasteiger partial charge in [0.15, 0.2) is 0 Å². The maximum atomic E-state index is 4.19. The smallest absolute Gasteiger partial charge is 0.0234 e. The molecule has 0 N–H and O–H groups in total. The molecule has 1 nitrogen and oxygen atoms in total. The van der Waals surface area contributed by atoms with Gasteiger partial charge in [-0.25, -0.2) is 0 Å². The molecule has 124 valence electrons. The summed E-state index contributed by atoms with van der Waals surface area (Å²) in [6, 6.07) is 8.70. The molecule has 0 aliphatic carbocycles. The Bertz CT molecular complexity index is 603. The van der Waals surface area contributed by atoms with Crippen LogP contribution in [0.5, 0.6) is 0 Å². The Morgan fingerprint density at radius 3 is 2.61 bits per heavy atom. The molecule has 0 unspecified atom stereocenters. The second-order valence-electron chi connectivity index (χ2n) is 7.50. The van der Waals surface area contributed by atoms with Crippen molar-refractivity contribution in [2.24, 2.45) is 11.3 Å². The van der Waals surface area contributed by atoms with Crippen molar-refractivity contribution >= 4 is 5.57 Å². The van der Waals surface area contributed by atoms with E-state index in [1.807, 2.05) is 6.08 Å². The van der Waals surface area contributed by atoms with Gasteiger partial charge in [-0.3, -0.25) is 4.90 Å². The summed E-state index contributed by atoms with van der Waals surface area (Å²) < 4.78 is 0. The highest BCUT2D eigenvalue weighted by atomic mass is 15.1. The van der Waals surface area contributed by atoms with Crippen molar-refractivity contribution in [3.8, 4) is 11.8 Å². The predicted molar refractivity (Wildman–Crippen MR) is 103 cm³/mol. The van der Waals surface area contributed by atoms with Crippen LogP contribution >= 0.6 is 0 Å². The molecular weight excluding hydrogens is 278 g/mol. The van der Waals surface area contributed by atoms with E-state index >= 15 is 0 Å². The van der Waals surface area contributed by atoms with Crippen molar-refractivity contribution in [2.45, 2.75) is 41.2 Å². The van der Waals surface area contributed by atoms with Crippen LogP contribution in [0.15, 0.2) is 43.0 Å². The standard InChI is InChI=1S/C22H31N/c1-18(2)19(3)21-13-11-12-20(16-21)17-23(7)15-10-8-9-14-22(4,5)6/h8,10-13,16,18H,3,15,17H2,1-2,4-7H3/b10-8+. The molecule has 0 heterocycles. The Kier molecular flexibility index (Phi) is 7.33. The highest BCUT2D eigenvalue weighted by Gasteiger charge is 2.05. The van der Waals surface area contributed by atoms with Crippen LogP contribution in [0.2, 0.25) is 0 Å². The first-order valence-electron chi connectivity index (χ1n) is 8.33. The Balaban J connectivity index is 2.59. The summed E-state index contributed by atoms with van der Waals surface area (Å²) in [6.07, 6.45) is 4.08. The van der Waals surface area contributed by atoms with Crippen LogP contribution in [-0.4, -0.2) is 18.5 Å². The van der Waals surface area contributed by atoms with E-state index in [0.717, 1.165) is 13.1 Å². The van der Waals surface area contributed by atoms with Crippen LogP contribution in [-0.2, 0) is 6.54 Å². The summed E-state index contributed by atoms with van der Waals surface area (Å²) in [5.74, 6) is 6.80. The molecule has 0 aliphatic rings. The number of benzene rings is 1. The summed E-state index contributed by atoms with van der Waals surface area (Å²) in [4.78, 5) is 2.28. The predicted octanol–water partition coefficient (Wildman–Crippen LogP) is 5.39.